The number of carboxylic acid groups (broad SMARTS) is 1. The number of hydrogen-bond acceptors (Lipinski definition) is 2. The highest BCUT2D eigenvalue weighted by molar-refractivity contribution is 6.30. The fourth-order valence-corrected chi connectivity index (χ4v) is 3.52. The highest BCUT2D eigenvalue weighted by atomic mass is 35.5. The normalized spacial score (nSPS) is 19.8. The summed E-state index contributed by atoms with van der Waals surface area (Å²) in [4.78, 5) is 13.7. The molecular formula is C19H19ClFNO2. The fraction of sp³-hybridized carbons (Fsp3) is 0.316. The van der Waals surface area contributed by atoms with Crippen molar-refractivity contribution < 1.29 is 14.3 Å². The lowest BCUT2D eigenvalue weighted by molar-refractivity contribution is -0.145. The van der Waals surface area contributed by atoms with E-state index in [1.165, 1.54) is 12.1 Å². The second-order valence-corrected chi connectivity index (χ2v) is 6.53. The first-order valence-electron chi connectivity index (χ1n) is 8.06. The number of piperidine rings is 1. The molecule has 0 aromatic heterocycles. The number of rotatable bonds is 4. The average molecular weight is 348 g/mol. The maximum atomic E-state index is 13.3. The molecule has 3 rings (SSSR count). The average Bonchev–Trinajstić information content (AvgIpc) is 2.59. The van der Waals surface area contributed by atoms with Crippen molar-refractivity contribution in [2.45, 2.75) is 31.3 Å². The van der Waals surface area contributed by atoms with Crippen molar-refractivity contribution >= 4 is 17.6 Å². The van der Waals surface area contributed by atoms with E-state index in [4.69, 9.17) is 11.6 Å². The summed E-state index contributed by atoms with van der Waals surface area (Å²) in [5.41, 5.74) is 1.84. The Morgan fingerprint density at radius 1 is 1.08 bits per heavy atom. The highest BCUT2D eigenvalue weighted by Gasteiger charge is 2.35. The third kappa shape index (κ3) is 3.60. The zero-order chi connectivity index (χ0) is 17.1. The molecule has 24 heavy (non-hydrogen) atoms. The van der Waals surface area contributed by atoms with E-state index in [0.717, 1.165) is 24.0 Å². The van der Waals surface area contributed by atoms with Crippen LogP contribution in [0.1, 0.15) is 36.4 Å². The van der Waals surface area contributed by atoms with Crippen LogP contribution in [0.25, 0.3) is 0 Å². The molecule has 0 radical (unpaired) electrons. The monoisotopic (exact) mass is 347 g/mol. The summed E-state index contributed by atoms with van der Waals surface area (Å²) in [5, 5.41) is 10.2. The van der Waals surface area contributed by atoms with Crippen molar-refractivity contribution in [3.05, 3.63) is 70.5 Å². The molecule has 1 fully saturated rings. The number of aliphatic carboxylic acids is 1. The third-order valence-corrected chi connectivity index (χ3v) is 4.78. The Morgan fingerprint density at radius 3 is 2.25 bits per heavy atom. The number of halogens is 2. The quantitative estimate of drug-likeness (QED) is 0.884. The molecule has 2 aromatic rings. The summed E-state index contributed by atoms with van der Waals surface area (Å²) in [6.45, 7) is 0.696. The zero-order valence-electron chi connectivity index (χ0n) is 13.2. The van der Waals surface area contributed by atoms with Gasteiger partial charge in [-0.25, -0.2) is 4.39 Å². The lowest BCUT2D eigenvalue weighted by atomic mass is 9.92. The molecule has 0 aliphatic carbocycles. The van der Waals surface area contributed by atoms with Crippen molar-refractivity contribution in [1.29, 1.82) is 0 Å². The van der Waals surface area contributed by atoms with Crippen LogP contribution in [0.15, 0.2) is 48.5 Å². The molecule has 2 aromatic carbocycles. The van der Waals surface area contributed by atoms with Crippen molar-refractivity contribution in [2.24, 2.45) is 0 Å². The summed E-state index contributed by atoms with van der Waals surface area (Å²) in [6, 6.07) is 12.9. The first-order chi connectivity index (χ1) is 11.6. The van der Waals surface area contributed by atoms with Crippen LogP contribution in [0.3, 0.4) is 0 Å². The minimum atomic E-state index is -0.809. The molecular weight excluding hydrogens is 329 g/mol. The van der Waals surface area contributed by atoms with E-state index in [2.05, 4.69) is 0 Å². The van der Waals surface area contributed by atoms with Crippen LogP contribution in [0.5, 0.6) is 0 Å². The molecule has 2 atom stereocenters. The van der Waals surface area contributed by atoms with Crippen LogP contribution in [-0.4, -0.2) is 28.6 Å². The number of nitrogens with zero attached hydrogens (tertiary/aromatic N) is 1. The second kappa shape index (κ2) is 7.32. The van der Waals surface area contributed by atoms with Gasteiger partial charge in [-0.15, -0.1) is 0 Å². The second-order valence-electron chi connectivity index (χ2n) is 6.09. The topological polar surface area (TPSA) is 40.5 Å². The standard InChI is InChI=1S/C19H19ClFNO2/c20-15-8-4-13(5-9-15)18(14-6-10-16(21)11-7-14)22-12-2-1-3-17(22)19(23)24/h4-11,17-18H,1-3,12H2,(H,23,24). The smallest absolute Gasteiger partial charge is 0.320 e. The zero-order valence-corrected chi connectivity index (χ0v) is 13.9. The lowest BCUT2D eigenvalue weighted by Crippen LogP contribution is -2.46. The molecule has 0 bridgehead atoms. The van der Waals surface area contributed by atoms with Gasteiger partial charge in [0, 0.05) is 5.02 Å². The Kier molecular flexibility index (Phi) is 5.17. The van der Waals surface area contributed by atoms with E-state index in [0.29, 0.717) is 18.0 Å². The predicted molar refractivity (Wildman–Crippen MR) is 91.7 cm³/mol. The van der Waals surface area contributed by atoms with E-state index < -0.39 is 12.0 Å². The Labute approximate surface area is 145 Å². The lowest BCUT2D eigenvalue weighted by Gasteiger charge is -2.39. The van der Waals surface area contributed by atoms with Crippen molar-refractivity contribution in [2.75, 3.05) is 6.54 Å². The first kappa shape index (κ1) is 16.9. The van der Waals surface area contributed by atoms with E-state index >= 15 is 0 Å². The minimum Gasteiger partial charge on any atom is -0.480 e. The van der Waals surface area contributed by atoms with Gasteiger partial charge in [0.2, 0.25) is 0 Å². The van der Waals surface area contributed by atoms with Crippen LogP contribution >= 0.6 is 11.6 Å². The summed E-state index contributed by atoms with van der Waals surface area (Å²) < 4.78 is 13.3. The van der Waals surface area contributed by atoms with Gasteiger partial charge in [-0.05, 0) is 54.8 Å². The van der Waals surface area contributed by atoms with Crippen molar-refractivity contribution in [3.63, 3.8) is 0 Å². The largest absolute Gasteiger partial charge is 0.480 e. The summed E-state index contributed by atoms with van der Waals surface area (Å²) >= 11 is 5.99. The molecule has 5 heteroatoms. The molecule has 1 N–H and O–H groups in total. The molecule has 1 aliphatic heterocycles. The molecule has 1 heterocycles. The highest BCUT2D eigenvalue weighted by Crippen LogP contribution is 2.34. The third-order valence-electron chi connectivity index (χ3n) is 4.53. The van der Waals surface area contributed by atoms with Gasteiger partial charge < -0.3 is 5.11 Å². The van der Waals surface area contributed by atoms with Crippen LogP contribution in [0, 0.1) is 5.82 Å². The molecule has 1 saturated heterocycles. The predicted octanol–water partition coefficient (Wildman–Crippen LogP) is 4.51. The van der Waals surface area contributed by atoms with Crippen LogP contribution in [0.2, 0.25) is 5.02 Å². The maximum Gasteiger partial charge on any atom is 0.320 e. The van der Waals surface area contributed by atoms with E-state index in [1.807, 2.05) is 17.0 Å². The maximum absolute atomic E-state index is 13.3. The van der Waals surface area contributed by atoms with Crippen LogP contribution in [0.4, 0.5) is 4.39 Å². The summed E-state index contributed by atoms with van der Waals surface area (Å²) in [7, 11) is 0. The number of hydrogen-bond donors (Lipinski definition) is 1. The van der Waals surface area contributed by atoms with Crippen LogP contribution < -0.4 is 0 Å². The molecule has 126 valence electrons. The molecule has 0 spiro atoms. The molecule has 0 amide bonds. The van der Waals surface area contributed by atoms with E-state index in [1.54, 1.807) is 24.3 Å². The summed E-state index contributed by atoms with van der Waals surface area (Å²) in [6.07, 6.45) is 2.49. The van der Waals surface area contributed by atoms with Gasteiger partial charge in [-0.2, -0.15) is 0 Å². The van der Waals surface area contributed by atoms with E-state index in [9.17, 15) is 14.3 Å². The minimum absolute atomic E-state index is 0.232. The van der Waals surface area contributed by atoms with Gasteiger partial charge in [0.25, 0.3) is 0 Å². The molecule has 0 saturated carbocycles. The Hall–Kier alpha value is -1.91. The Bertz CT molecular complexity index is 657. The fourth-order valence-electron chi connectivity index (χ4n) is 3.39. The molecule has 2 unspecified atom stereocenters. The van der Waals surface area contributed by atoms with Crippen molar-refractivity contribution in [1.82, 2.24) is 4.90 Å². The van der Waals surface area contributed by atoms with Crippen molar-refractivity contribution in [3.8, 4) is 0 Å². The first-order valence-corrected chi connectivity index (χ1v) is 8.43. The van der Waals surface area contributed by atoms with E-state index in [-0.39, 0.29) is 11.9 Å². The number of carboxylic acids is 1. The SMILES string of the molecule is O=C(O)C1CCCCN1C(c1ccc(F)cc1)c1ccc(Cl)cc1. The number of likely N-dealkylation sites (tertiary alicyclic amines) is 1. The Balaban J connectivity index is 2.05. The Morgan fingerprint density at radius 2 is 1.67 bits per heavy atom. The van der Waals surface area contributed by atoms with Gasteiger partial charge in [-0.3, -0.25) is 9.69 Å². The molecule has 3 nitrogen and oxygen atoms in total. The van der Waals surface area contributed by atoms with Gasteiger partial charge in [0.15, 0.2) is 0 Å². The van der Waals surface area contributed by atoms with Gasteiger partial charge >= 0.3 is 5.97 Å². The van der Waals surface area contributed by atoms with Gasteiger partial charge in [0.05, 0.1) is 6.04 Å². The van der Waals surface area contributed by atoms with Crippen LogP contribution in [-0.2, 0) is 4.79 Å². The number of benzene rings is 2. The summed E-state index contributed by atoms with van der Waals surface area (Å²) in [5.74, 6) is -1.11. The van der Waals surface area contributed by atoms with Gasteiger partial charge in [0.1, 0.15) is 11.9 Å². The number of carbonyl (C=O) groups is 1. The molecule has 1 aliphatic rings. The van der Waals surface area contributed by atoms with Gasteiger partial charge in [-0.1, -0.05) is 42.3 Å².